The van der Waals surface area contributed by atoms with Gasteiger partial charge in [-0.25, -0.2) is 0 Å². The predicted molar refractivity (Wildman–Crippen MR) is 112 cm³/mol. The van der Waals surface area contributed by atoms with E-state index in [1.807, 2.05) is 56.3 Å². The Kier molecular flexibility index (Phi) is 6.36. The lowest BCUT2D eigenvalue weighted by Gasteiger charge is -2.28. The molecule has 1 heterocycles. The van der Waals surface area contributed by atoms with Crippen molar-refractivity contribution in [2.24, 2.45) is 0 Å². The Balaban J connectivity index is 1.49. The summed E-state index contributed by atoms with van der Waals surface area (Å²) in [6.07, 6.45) is 0.140. The Bertz CT molecular complexity index is 914. The zero-order chi connectivity index (χ0) is 20.1. The molecule has 28 heavy (non-hydrogen) atoms. The van der Waals surface area contributed by atoms with Crippen LogP contribution in [0.5, 0.6) is 0 Å². The fraction of sp³-hybridized carbons (Fsp3) is 0.286. The molecule has 0 radical (unpaired) electrons. The molecule has 3 rings (SSSR count). The molecule has 0 saturated carbocycles. The first-order chi connectivity index (χ1) is 13.5. The number of hydrogen-bond donors (Lipinski definition) is 2. The number of benzene rings is 2. The second kappa shape index (κ2) is 8.93. The summed E-state index contributed by atoms with van der Waals surface area (Å²) in [7, 11) is 0. The van der Waals surface area contributed by atoms with Gasteiger partial charge in [-0.1, -0.05) is 24.3 Å². The Labute approximate surface area is 168 Å². The van der Waals surface area contributed by atoms with Gasteiger partial charge in [-0.2, -0.15) is 0 Å². The second-order valence-corrected chi connectivity index (χ2v) is 7.64. The lowest BCUT2D eigenvalue weighted by atomic mass is 10.1. The Morgan fingerprint density at radius 2 is 1.86 bits per heavy atom. The lowest BCUT2D eigenvalue weighted by Crippen LogP contribution is -2.39. The number of anilines is 2. The van der Waals surface area contributed by atoms with E-state index >= 15 is 0 Å². The maximum absolute atomic E-state index is 12.2. The SMILES string of the molecule is Cc1cccc(NC(=O)CNC(=O)CCN2C(=O)CSc3ccccc32)c1C. The predicted octanol–water partition coefficient (Wildman–Crippen LogP) is 2.89. The van der Waals surface area contributed by atoms with Gasteiger partial charge < -0.3 is 15.5 Å². The van der Waals surface area contributed by atoms with E-state index in [1.54, 1.807) is 4.90 Å². The fourth-order valence-corrected chi connectivity index (χ4v) is 3.90. The molecule has 0 unspecified atom stereocenters. The third-order valence-electron chi connectivity index (χ3n) is 4.70. The van der Waals surface area contributed by atoms with Crippen molar-refractivity contribution < 1.29 is 14.4 Å². The second-order valence-electron chi connectivity index (χ2n) is 6.62. The monoisotopic (exact) mass is 397 g/mol. The molecule has 6 nitrogen and oxygen atoms in total. The summed E-state index contributed by atoms with van der Waals surface area (Å²) >= 11 is 1.51. The van der Waals surface area contributed by atoms with Crippen LogP contribution in [0.25, 0.3) is 0 Å². The molecule has 0 atom stereocenters. The van der Waals surface area contributed by atoms with Crippen LogP contribution in [0.3, 0.4) is 0 Å². The number of aryl methyl sites for hydroxylation is 1. The highest BCUT2D eigenvalue weighted by Crippen LogP contribution is 2.34. The standard InChI is InChI=1S/C21H23N3O3S/c1-14-6-5-7-16(15(14)2)23-20(26)12-22-19(25)10-11-24-17-8-3-4-9-18(17)28-13-21(24)27/h3-9H,10-13H2,1-2H3,(H,22,25)(H,23,26). The number of fused-ring (bicyclic) bond motifs is 1. The summed E-state index contributed by atoms with van der Waals surface area (Å²) in [6.45, 7) is 4.11. The first-order valence-electron chi connectivity index (χ1n) is 9.10. The van der Waals surface area contributed by atoms with Gasteiger partial charge in [0.15, 0.2) is 0 Å². The average Bonchev–Trinajstić information content (AvgIpc) is 2.69. The van der Waals surface area contributed by atoms with Crippen LogP contribution in [0.15, 0.2) is 47.4 Å². The number of nitrogens with zero attached hydrogens (tertiary/aromatic N) is 1. The van der Waals surface area contributed by atoms with E-state index < -0.39 is 0 Å². The van der Waals surface area contributed by atoms with Crippen molar-refractivity contribution in [1.82, 2.24) is 5.32 Å². The van der Waals surface area contributed by atoms with Crippen LogP contribution >= 0.6 is 11.8 Å². The Morgan fingerprint density at radius 1 is 1.07 bits per heavy atom. The van der Waals surface area contributed by atoms with E-state index in [2.05, 4.69) is 10.6 Å². The quantitative estimate of drug-likeness (QED) is 0.786. The zero-order valence-corrected chi connectivity index (χ0v) is 16.8. The maximum Gasteiger partial charge on any atom is 0.243 e. The molecule has 0 bridgehead atoms. The van der Waals surface area contributed by atoms with Crippen molar-refractivity contribution in [3.63, 3.8) is 0 Å². The van der Waals surface area contributed by atoms with Crippen LogP contribution in [0, 0.1) is 13.8 Å². The van der Waals surface area contributed by atoms with Gasteiger partial charge in [0.2, 0.25) is 17.7 Å². The largest absolute Gasteiger partial charge is 0.347 e. The molecule has 1 aliphatic rings. The number of rotatable bonds is 6. The smallest absolute Gasteiger partial charge is 0.243 e. The van der Waals surface area contributed by atoms with Crippen molar-refractivity contribution in [2.45, 2.75) is 25.2 Å². The summed E-state index contributed by atoms with van der Waals surface area (Å²) < 4.78 is 0. The van der Waals surface area contributed by atoms with E-state index in [0.717, 1.165) is 27.4 Å². The van der Waals surface area contributed by atoms with Crippen molar-refractivity contribution >= 4 is 40.9 Å². The highest BCUT2D eigenvalue weighted by atomic mass is 32.2. The van der Waals surface area contributed by atoms with Crippen molar-refractivity contribution in [1.29, 1.82) is 0 Å². The molecule has 0 fully saturated rings. The average molecular weight is 398 g/mol. The minimum Gasteiger partial charge on any atom is -0.347 e. The molecule has 0 saturated heterocycles. The molecular formula is C21H23N3O3S. The molecule has 146 valence electrons. The molecule has 1 aliphatic heterocycles. The van der Waals surface area contributed by atoms with Gasteiger partial charge in [0, 0.05) is 23.5 Å². The number of nitrogens with one attached hydrogen (secondary N) is 2. The van der Waals surface area contributed by atoms with Gasteiger partial charge in [-0.05, 0) is 43.2 Å². The molecule has 2 N–H and O–H groups in total. The maximum atomic E-state index is 12.2. The first-order valence-corrected chi connectivity index (χ1v) is 10.1. The van der Waals surface area contributed by atoms with Gasteiger partial charge in [-0.15, -0.1) is 11.8 Å². The van der Waals surface area contributed by atoms with E-state index in [1.165, 1.54) is 11.8 Å². The molecule has 0 aliphatic carbocycles. The van der Waals surface area contributed by atoms with Crippen LogP contribution < -0.4 is 15.5 Å². The molecule has 2 aromatic rings. The third kappa shape index (κ3) is 4.72. The third-order valence-corrected chi connectivity index (χ3v) is 5.74. The number of carbonyl (C=O) groups excluding carboxylic acids is 3. The summed E-state index contributed by atoms with van der Waals surface area (Å²) in [5, 5.41) is 5.43. The molecule has 0 spiro atoms. The number of para-hydroxylation sites is 1. The molecular weight excluding hydrogens is 374 g/mol. The van der Waals surface area contributed by atoms with Crippen LogP contribution in [-0.2, 0) is 14.4 Å². The summed E-state index contributed by atoms with van der Waals surface area (Å²) in [4.78, 5) is 39.1. The molecule has 0 aromatic heterocycles. The van der Waals surface area contributed by atoms with Gasteiger partial charge in [0.05, 0.1) is 18.0 Å². The van der Waals surface area contributed by atoms with Crippen LogP contribution in [0.2, 0.25) is 0 Å². The van der Waals surface area contributed by atoms with Crippen molar-refractivity contribution in [2.75, 3.05) is 29.1 Å². The lowest BCUT2D eigenvalue weighted by molar-refractivity contribution is -0.124. The van der Waals surface area contributed by atoms with Gasteiger partial charge >= 0.3 is 0 Å². The first kappa shape index (κ1) is 19.9. The molecule has 2 aromatic carbocycles. The fourth-order valence-electron chi connectivity index (χ4n) is 2.96. The molecule has 7 heteroatoms. The van der Waals surface area contributed by atoms with Gasteiger partial charge in [-0.3, -0.25) is 14.4 Å². The van der Waals surface area contributed by atoms with Crippen molar-refractivity contribution in [3.8, 4) is 0 Å². The van der Waals surface area contributed by atoms with Crippen LogP contribution in [-0.4, -0.2) is 36.6 Å². The van der Waals surface area contributed by atoms with Crippen LogP contribution in [0.1, 0.15) is 17.5 Å². The number of hydrogen-bond acceptors (Lipinski definition) is 4. The Hall–Kier alpha value is -2.80. The number of carbonyl (C=O) groups is 3. The zero-order valence-electron chi connectivity index (χ0n) is 16.0. The Morgan fingerprint density at radius 3 is 2.68 bits per heavy atom. The van der Waals surface area contributed by atoms with E-state index in [9.17, 15) is 14.4 Å². The summed E-state index contributed by atoms with van der Waals surface area (Å²) in [6, 6.07) is 13.4. The summed E-state index contributed by atoms with van der Waals surface area (Å²) in [5.41, 5.74) is 3.67. The highest BCUT2D eigenvalue weighted by molar-refractivity contribution is 8.00. The minimum atomic E-state index is -0.280. The van der Waals surface area contributed by atoms with Gasteiger partial charge in [0.1, 0.15) is 0 Å². The number of amides is 3. The number of thioether (sulfide) groups is 1. The van der Waals surface area contributed by atoms with Gasteiger partial charge in [0.25, 0.3) is 0 Å². The molecule has 3 amide bonds. The summed E-state index contributed by atoms with van der Waals surface area (Å²) in [5.74, 6) is -0.182. The minimum absolute atomic E-state index is 0.0100. The van der Waals surface area contributed by atoms with E-state index in [4.69, 9.17) is 0 Å². The van der Waals surface area contributed by atoms with E-state index in [-0.39, 0.29) is 30.7 Å². The topological polar surface area (TPSA) is 78.5 Å². The normalized spacial score (nSPS) is 13.1. The van der Waals surface area contributed by atoms with E-state index in [0.29, 0.717) is 12.3 Å². The van der Waals surface area contributed by atoms with Crippen molar-refractivity contribution in [3.05, 3.63) is 53.6 Å². The van der Waals surface area contributed by atoms with Crippen LogP contribution in [0.4, 0.5) is 11.4 Å². The highest BCUT2D eigenvalue weighted by Gasteiger charge is 2.24.